The van der Waals surface area contributed by atoms with Gasteiger partial charge in [0.05, 0.1) is 0 Å². The molecule has 0 bridgehead atoms. The van der Waals surface area contributed by atoms with Gasteiger partial charge in [0, 0.05) is 31.0 Å². The lowest BCUT2D eigenvalue weighted by atomic mass is 9.90. The molecule has 0 aliphatic carbocycles. The number of hydrogen-bond acceptors (Lipinski definition) is 2. The van der Waals surface area contributed by atoms with Gasteiger partial charge in [0.15, 0.2) is 0 Å². The van der Waals surface area contributed by atoms with E-state index in [0.717, 1.165) is 24.0 Å². The minimum absolute atomic E-state index is 0.0239. The molecule has 1 heterocycles. The van der Waals surface area contributed by atoms with Crippen molar-refractivity contribution >= 4 is 11.8 Å². The molecule has 2 rings (SSSR count). The molecule has 102 valence electrons. The van der Waals surface area contributed by atoms with Gasteiger partial charge in [0.25, 0.3) is 5.91 Å². The molecule has 4 heteroatoms. The molecule has 0 aromatic heterocycles. The third-order valence-electron chi connectivity index (χ3n) is 3.46. The molecule has 1 aromatic carbocycles. The summed E-state index contributed by atoms with van der Waals surface area (Å²) in [6.07, 6.45) is 2.52. The first-order chi connectivity index (χ1) is 9.22. The van der Waals surface area contributed by atoms with Crippen LogP contribution < -0.4 is 10.6 Å². The van der Waals surface area contributed by atoms with Gasteiger partial charge in [-0.1, -0.05) is 31.5 Å². The molecular weight excluding hydrogens is 240 g/mol. The van der Waals surface area contributed by atoms with E-state index >= 15 is 0 Å². The van der Waals surface area contributed by atoms with E-state index in [9.17, 15) is 9.59 Å². The SMILES string of the molecule is CCCCC(=O)NCC1CNC(=O)c2ccccc21. The Labute approximate surface area is 113 Å². The van der Waals surface area contributed by atoms with Crippen LogP contribution in [0.25, 0.3) is 0 Å². The van der Waals surface area contributed by atoms with Crippen molar-refractivity contribution in [3.8, 4) is 0 Å². The summed E-state index contributed by atoms with van der Waals surface area (Å²) in [6.45, 7) is 3.24. The fourth-order valence-corrected chi connectivity index (χ4v) is 2.33. The first kappa shape index (κ1) is 13.6. The number of unbranched alkanes of at least 4 members (excludes halogenated alkanes) is 1. The van der Waals surface area contributed by atoms with Crippen LogP contribution in [0.15, 0.2) is 24.3 Å². The number of amides is 2. The Morgan fingerprint density at radius 3 is 3.00 bits per heavy atom. The van der Waals surface area contributed by atoms with Crippen LogP contribution in [-0.4, -0.2) is 24.9 Å². The van der Waals surface area contributed by atoms with E-state index in [-0.39, 0.29) is 17.7 Å². The van der Waals surface area contributed by atoms with Crippen molar-refractivity contribution in [2.24, 2.45) is 0 Å². The van der Waals surface area contributed by atoms with E-state index in [4.69, 9.17) is 0 Å². The molecule has 4 nitrogen and oxygen atoms in total. The van der Waals surface area contributed by atoms with Crippen molar-refractivity contribution in [1.82, 2.24) is 10.6 Å². The lowest BCUT2D eigenvalue weighted by Gasteiger charge is -2.25. The quantitative estimate of drug-likeness (QED) is 0.848. The second-order valence-electron chi connectivity index (χ2n) is 4.90. The van der Waals surface area contributed by atoms with Crippen molar-refractivity contribution in [1.29, 1.82) is 0 Å². The summed E-state index contributed by atoms with van der Waals surface area (Å²) in [6, 6.07) is 7.59. The van der Waals surface area contributed by atoms with Gasteiger partial charge in [-0.25, -0.2) is 0 Å². The van der Waals surface area contributed by atoms with E-state index in [1.54, 1.807) is 0 Å². The standard InChI is InChI=1S/C15H20N2O2/c1-2-3-8-14(18)16-9-11-10-17-15(19)13-7-5-4-6-12(11)13/h4-7,11H,2-3,8-10H2,1H3,(H,16,18)(H,17,19). The van der Waals surface area contributed by atoms with Crippen LogP contribution in [0, 0.1) is 0 Å². The van der Waals surface area contributed by atoms with Gasteiger partial charge < -0.3 is 10.6 Å². The zero-order valence-electron chi connectivity index (χ0n) is 11.2. The maximum Gasteiger partial charge on any atom is 0.251 e. The molecule has 0 saturated carbocycles. The maximum atomic E-state index is 11.7. The Morgan fingerprint density at radius 2 is 2.21 bits per heavy atom. The molecule has 0 fully saturated rings. The zero-order valence-corrected chi connectivity index (χ0v) is 11.2. The molecule has 2 N–H and O–H groups in total. The fourth-order valence-electron chi connectivity index (χ4n) is 2.33. The first-order valence-electron chi connectivity index (χ1n) is 6.86. The highest BCUT2D eigenvalue weighted by Gasteiger charge is 2.24. The zero-order chi connectivity index (χ0) is 13.7. The molecule has 0 saturated heterocycles. The van der Waals surface area contributed by atoms with Gasteiger partial charge in [-0.05, 0) is 18.1 Å². The molecule has 1 aliphatic heterocycles. The summed E-state index contributed by atoms with van der Waals surface area (Å²) >= 11 is 0. The number of benzene rings is 1. The molecule has 1 atom stereocenters. The lowest BCUT2D eigenvalue weighted by molar-refractivity contribution is -0.121. The minimum atomic E-state index is -0.0239. The molecule has 0 radical (unpaired) electrons. The van der Waals surface area contributed by atoms with Crippen molar-refractivity contribution in [3.63, 3.8) is 0 Å². The minimum Gasteiger partial charge on any atom is -0.355 e. The van der Waals surface area contributed by atoms with E-state index in [0.29, 0.717) is 19.5 Å². The number of rotatable bonds is 5. The molecule has 1 aliphatic rings. The molecule has 2 amide bonds. The molecule has 19 heavy (non-hydrogen) atoms. The Kier molecular flexibility index (Phi) is 4.55. The summed E-state index contributed by atoms with van der Waals surface area (Å²) in [5.41, 5.74) is 1.75. The van der Waals surface area contributed by atoms with Gasteiger partial charge in [0.2, 0.25) is 5.91 Å². The highest BCUT2D eigenvalue weighted by atomic mass is 16.2. The van der Waals surface area contributed by atoms with E-state index < -0.39 is 0 Å². The normalized spacial score (nSPS) is 17.5. The van der Waals surface area contributed by atoms with E-state index in [2.05, 4.69) is 17.6 Å². The van der Waals surface area contributed by atoms with Crippen molar-refractivity contribution in [2.45, 2.75) is 32.1 Å². The van der Waals surface area contributed by atoms with E-state index in [1.165, 1.54) is 0 Å². The van der Waals surface area contributed by atoms with Gasteiger partial charge >= 0.3 is 0 Å². The second-order valence-corrected chi connectivity index (χ2v) is 4.90. The molecule has 1 unspecified atom stereocenters. The van der Waals surface area contributed by atoms with Gasteiger partial charge in [-0.3, -0.25) is 9.59 Å². The average Bonchev–Trinajstić information content (AvgIpc) is 2.45. The third kappa shape index (κ3) is 3.34. The molecular formula is C15H20N2O2. The maximum absolute atomic E-state index is 11.7. The van der Waals surface area contributed by atoms with Gasteiger partial charge in [-0.2, -0.15) is 0 Å². The number of carbonyl (C=O) groups is 2. The lowest BCUT2D eigenvalue weighted by Crippen LogP contribution is -2.40. The van der Waals surface area contributed by atoms with Crippen LogP contribution in [-0.2, 0) is 4.79 Å². The monoisotopic (exact) mass is 260 g/mol. The van der Waals surface area contributed by atoms with Crippen molar-refractivity contribution in [3.05, 3.63) is 35.4 Å². The smallest absolute Gasteiger partial charge is 0.251 e. The summed E-state index contributed by atoms with van der Waals surface area (Å²) in [5, 5.41) is 5.82. The summed E-state index contributed by atoms with van der Waals surface area (Å²) in [4.78, 5) is 23.3. The van der Waals surface area contributed by atoms with Gasteiger partial charge in [-0.15, -0.1) is 0 Å². The highest BCUT2D eigenvalue weighted by Crippen LogP contribution is 2.23. The van der Waals surface area contributed by atoms with Crippen LogP contribution in [0.1, 0.15) is 48.0 Å². The number of hydrogen-bond donors (Lipinski definition) is 2. The van der Waals surface area contributed by atoms with Crippen LogP contribution in [0.3, 0.4) is 0 Å². The molecule has 0 spiro atoms. The summed E-state index contributed by atoms with van der Waals surface area (Å²) < 4.78 is 0. The van der Waals surface area contributed by atoms with Crippen LogP contribution >= 0.6 is 0 Å². The largest absolute Gasteiger partial charge is 0.355 e. The topological polar surface area (TPSA) is 58.2 Å². The second kappa shape index (κ2) is 6.36. The predicted octanol–water partition coefficient (Wildman–Crippen LogP) is 1.82. The third-order valence-corrected chi connectivity index (χ3v) is 3.46. The Morgan fingerprint density at radius 1 is 1.42 bits per heavy atom. The predicted molar refractivity (Wildman–Crippen MR) is 74.1 cm³/mol. The van der Waals surface area contributed by atoms with Gasteiger partial charge in [0.1, 0.15) is 0 Å². The number of nitrogens with one attached hydrogen (secondary N) is 2. The first-order valence-corrected chi connectivity index (χ1v) is 6.86. The average molecular weight is 260 g/mol. The summed E-state index contributed by atoms with van der Waals surface area (Å²) in [5.74, 6) is 0.236. The van der Waals surface area contributed by atoms with Crippen molar-refractivity contribution in [2.75, 3.05) is 13.1 Å². The van der Waals surface area contributed by atoms with Crippen LogP contribution in [0.5, 0.6) is 0 Å². The van der Waals surface area contributed by atoms with E-state index in [1.807, 2.05) is 24.3 Å². The summed E-state index contributed by atoms with van der Waals surface area (Å²) in [7, 11) is 0. The van der Waals surface area contributed by atoms with Crippen molar-refractivity contribution < 1.29 is 9.59 Å². The molecule has 1 aromatic rings. The Bertz CT molecular complexity index is 471. The fraction of sp³-hybridized carbons (Fsp3) is 0.467. The Hall–Kier alpha value is -1.84. The highest BCUT2D eigenvalue weighted by molar-refractivity contribution is 5.97. The Balaban J connectivity index is 1.97. The number of fused-ring (bicyclic) bond motifs is 1. The number of carbonyl (C=O) groups excluding carboxylic acids is 2. The van der Waals surface area contributed by atoms with Crippen LogP contribution in [0.2, 0.25) is 0 Å². The van der Waals surface area contributed by atoms with Crippen LogP contribution in [0.4, 0.5) is 0 Å².